The minimum absolute atomic E-state index is 0.571. The van der Waals surface area contributed by atoms with Crippen LogP contribution in [-0.2, 0) is 0 Å². The van der Waals surface area contributed by atoms with Crippen LogP contribution in [-0.4, -0.2) is 12.1 Å². The number of ether oxygens (including phenoxy) is 1. The van der Waals surface area contributed by atoms with E-state index in [1.807, 2.05) is 13.0 Å². The Labute approximate surface area is 82.9 Å². The van der Waals surface area contributed by atoms with Crippen molar-refractivity contribution < 1.29 is 4.74 Å². The summed E-state index contributed by atoms with van der Waals surface area (Å²) in [5.41, 5.74) is 1.99. The van der Waals surface area contributed by atoms with Crippen LogP contribution in [0.4, 0.5) is 0 Å². The first-order valence-electron chi connectivity index (χ1n) is 4.43. The molecule has 0 bridgehead atoms. The lowest BCUT2D eigenvalue weighted by molar-refractivity contribution is 0.413. The number of rotatable bonds is 2. The van der Waals surface area contributed by atoms with Gasteiger partial charge in [-0.25, -0.2) is 0 Å². The fourth-order valence-corrected chi connectivity index (χ4v) is 1.75. The zero-order valence-electron chi connectivity index (χ0n) is 7.80. The van der Waals surface area contributed by atoms with Crippen molar-refractivity contribution in [2.24, 2.45) is 0 Å². The third kappa shape index (κ3) is 1.63. The lowest BCUT2D eigenvalue weighted by atomic mass is 10.2. The molecule has 0 saturated heterocycles. The molecule has 2 nitrogen and oxygen atoms in total. The first-order valence-corrected chi connectivity index (χ1v) is 4.81. The SMILES string of the molecule is COc1cc(C)nc(C2CC2)c1Cl. The van der Waals surface area contributed by atoms with Gasteiger partial charge in [0, 0.05) is 17.7 Å². The highest BCUT2D eigenvalue weighted by molar-refractivity contribution is 6.32. The maximum Gasteiger partial charge on any atom is 0.141 e. The predicted octanol–water partition coefficient (Wildman–Crippen LogP) is 2.93. The molecule has 2 rings (SSSR count). The topological polar surface area (TPSA) is 22.1 Å². The van der Waals surface area contributed by atoms with Gasteiger partial charge in [0.15, 0.2) is 0 Å². The maximum atomic E-state index is 6.13. The van der Waals surface area contributed by atoms with E-state index >= 15 is 0 Å². The van der Waals surface area contributed by atoms with Gasteiger partial charge in [-0.2, -0.15) is 0 Å². The van der Waals surface area contributed by atoms with Gasteiger partial charge < -0.3 is 4.74 Å². The van der Waals surface area contributed by atoms with Gasteiger partial charge >= 0.3 is 0 Å². The molecule has 1 aromatic heterocycles. The summed E-state index contributed by atoms with van der Waals surface area (Å²) in [5.74, 6) is 1.32. The van der Waals surface area contributed by atoms with Crippen LogP contribution in [0.15, 0.2) is 6.07 Å². The van der Waals surface area contributed by atoms with Gasteiger partial charge in [-0.05, 0) is 19.8 Å². The van der Waals surface area contributed by atoms with Gasteiger partial charge in [0.1, 0.15) is 10.8 Å². The molecule has 0 N–H and O–H groups in total. The fourth-order valence-electron chi connectivity index (χ4n) is 1.43. The Morgan fingerprint density at radius 2 is 2.23 bits per heavy atom. The molecule has 13 heavy (non-hydrogen) atoms. The minimum Gasteiger partial charge on any atom is -0.495 e. The summed E-state index contributed by atoms with van der Waals surface area (Å²) in [6, 6.07) is 1.87. The van der Waals surface area contributed by atoms with Crippen molar-refractivity contribution in [3.63, 3.8) is 0 Å². The Hall–Kier alpha value is -0.760. The Bertz CT molecular complexity index is 334. The number of hydrogen-bond acceptors (Lipinski definition) is 2. The van der Waals surface area contributed by atoms with E-state index in [0.717, 1.165) is 17.1 Å². The molecule has 1 aliphatic rings. The number of nitrogens with zero attached hydrogens (tertiary/aromatic N) is 1. The van der Waals surface area contributed by atoms with E-state index in [1.54, 1.807) is 7.11 Å². The van der Waals surface area contributed by atoms with E-state index < -0.39 is 0 Å². The second-order valence-corrected chi connectivity index (χ2v) is 3.82. The van der Waals surface area contributed by atoms with Crippen LogP contribution in [0.1, 0.15) is 30.1 Å². The number of aromatic nitrogens is 1. The van der Waals surface area contributed by atoms with Crippen LogP contribution in [0.25, 0.3) is 0 Å². The minimum atomic E-state index is 0.571. The summed E-state index contributed by atoms with van der Waals surface area (Å²) in [6.07, 6.45) is 2.42. The third-order valence-electron chi connectivity index (χ3n) is 2.26. The summed E-state index contributed by atoms with van der Waals surface area (Å²) in [4.78, 5) is 4.43. The standard InChI is InChI=1S/C10H12ClNO/c1-6-5-8(13-2)9(11)10(12-6)7-3-4-7/h5,7H,3-4H2,1-2H3. The Morgan fingerprint density at radius 3 is 2.77 bits per heavy atom. The monoisotopic (exact) mass is 197 g/mol. The molecule has 0 aromatic carbocycles. The van der Waals surface area contributed by atoms with Gasteiger partial charge in [0.2, 0.25) is 0 Å². The van der Waals surface area contributed by atoms with E-state index in [1.165, 1.54) is 12.8 Å². The quantitative estimate of drug-likeness (QED) is 0.728. The molecule has 1 saturated carbocycles. The molecule has 1 aromatic rings. The van der Waals surface area contributed by atoms with Crippen molar-refractivity contribution in [2.75, 3.05) is 7.11 Å². The van der Waals surface area contributed by atoms with E-state index in [0.29, 0.717) is 10.9 Å². The lowest BCUT2D eigenvalue weighted by Crippen LogP contribution is -1.95. The summed E-state index contributed by atoms with van der Waals surface area (Å²) < 4.78 is 5.17. The molecule has 0 aliphatic heterocycles. The lowest BCUT2D eigenvalue weighted by Gasteiger charge is -2.08. The predicted molar refractivity (Wildman–Crippen MR) is 52.5 cm³/mol. The van der Waals surface area contributed by atoms with Gasteiger partial charge in [0.25, 0.3) is 0 Å². The highest BCUT2D eigenvalue weighted by Gasteiger charge is 2.28. The smallest absolute Gasteiger partial charge is 0.141 e. The number of halogens is 1. The van der Waals surface area contributed by atoms with E-state index in [4.69, 9.17) is 16.3 Å². The first kappa shape index (κ1) is 8.82. The fraction of sp³-hybridized carbons (Fsp3) is 0.500. The molecule has 1 heterocycles. The second kappa shape index (κ2) is 3.18. The van der Waals surface area contributed by atoms with Gasteiger partial charge in [-0.3, -0.25) is 4.98 Å². The third-order valence-corrected chi connectivity index (χ3v) is 2.64. The molecule has 1 aliphatic carbocycles. The molecule has 70 valence electrons. The zero-order valence-corrected chi connectivity index (χ0v) is 8.56. The van der Waals surface area contributed by atoms with E-state index in [2.05, 4.69) is 4.98 Å². The Morgan fingerprint density at radius 1 is 1.54 bits per heavy atom. The van der Waals surface area contributed by atoms with Crippen LogP contribution in [0.2, 0.25) is 5.02 Å². The summed E-state index contributed by atoms with van der Waals surface area (Å²) in [5, 5.41) is 0.690. The molecule has 3 heteroatoms. The average Bonchev–Trinajstić information content (AvgIpc) is 2.91. The molecular formula is C10H12ClNO. The molecule has 0 unspecified atom stereocenters. The summed E-state index contributed by atoms with van der Waals surface area (Å²) >= 11 is 6.13. The number of hydrogen-bond donors (Lipinski definition) is 0. The van der Waals surface area contributed by atoms with Gasteiger partial charge in [-0.1, -0.05) is 11.6 Å². The molecule has 0 atom stereocenters. The highest BCUT2D eigenvalue weighted by Crippen LogP contribution is 2.44. The molecule has 1 fully saturated rings. The largest absolute Gasteiger partial charge is 0.495 e. The van der Waals surface area contributed by atoms with Crippen LogP contribution < -0.4 is 4.74 Å². The highest BCUT2D eigenvalue weighted by atomic mass is 35.5. The molecule has 0 radical (unpaired) electrons. The van der Waals surface area contributed by atoms with Crippen molar-refractivity contribution in [3.8, 4) is 5.75 Å². The number of methoxy groups -OCH3 is 1. The van der Waals surface area contributed by atoms with Crippen LogP contribution >= 0.6 is 11.6 Å². The number of pyridine rings is 1. The number of aryl methyl sites for hydroxylation is 1. The maximum absolute atomic E-state index is 6.13. The van der Waals surface area contributed by atoms with Gasteiger partial charge in [0.05, 0.1) is 12.8 Å². The molecule has 0 spiro atoms. The Kier molecular flexibility index (Phi) is 2.16. The first-order chi connectivity index (χ1) is 6.22. The van der Waals surface area contributed by atoms with E-state index in [-0.39, 0.29) is 0 Å². The Balaban J connectivity index is 2.47. The van der Waals surface area contributed by atoms with Crippen molar-refractivity contribution in [3.05, 3.63) is 22.5 Å². The van der Waals surface area contributed by atoms with Crippen molar-refractivity contribution in [2.45, 2.75) is 25.7 Å². The van der Waals surface area contributed by atoms with Crippen LogP contribution in [0.5, 0.6) is 5.75 Å². The summed E-state index contributed by atoms with van der Waals surface area (Å²) in [7, 11) is 1.64. The van der Waals surface area contributed by atoms with Gasteiger partial charge in [-0.15, -0.1) is 0 Å². The van der Waals surface area contributed by atoms with Crippen LogP contribution in [0.3, 0.4) is 0 Å². The summed E-state index contributed by atoms with van der Waals surface area (Å²) in [6.45, 7) is 1.96. The average molecular weight is 198 g/mol. The molecule has 0 amide bonds. The van der Waals surface area contributed by atoms with Crippen molar-refractivity contribution in [1.29, 1.82) is 0 Å². The molecular weight excluding hydrogens is 186 g/mol. The second-order valence-electron chi connectivity index (χ2n) is 3.44. The van der Waals surface area contributed by atoms with Crippen molar-refractivity contribution in [1.82, 2.24) is 4.98 Å². The van der Waals surface area contributed by atoms with Crippen LogP contribution in [0, 0.1) is 6.92 Å². The van der Waals surface area contributed by atoms with Crippen molar-refractivity contribution >= 4 is 11.6 Å². The normalized spacial score (nSPS) is 15.9. The van der Waals surface area contributed by atoms with E-state index in [9.17, 15) is 0 Å². The zero-order chi connectivity index (χ0) is 9.42.